The number of halogens is 1. The average molecular weight is 304 g/mol. The van der Waals surface area contributed by atoms with Gasteiger partial charge in [0, 0.05) is 0 Å². The summed E-state index contributed by atoms with van der Waals surface area (Å²) in [6.07, 6.45) is 1.80. The molecule has 0 bridgehead atoms. The Hall–Kier alpha value is -1.41. The van der Waals surface area contributed by atoms with Gasteiger partial charge < -0.3 is 11.1 Å². The summed E-state index contributed by atoms with van der Waals surface area (Å²) in [6, 6.07) is 2.97. The van der Waals surface area contributed by atoms with E-state index in [0.29, 0.717) is 6.42 Å². The number of sulfonamides is 1. The van der Waals surface area contributed by atoms with Crippen molar-refractivity contribution in [2.45, 2.75) is 17.4 Å². The molecule has 0 saturated carbocycles. The van der Waals surface area contributed by atoms with E-state index in [-0.39, 0.29) is 15.6 Å². The summed E-state index contributed by atoms with van der Waals surface area (Å²) in [7, 11) is -3.87. The molecule has 0 saturated heterocycles. The predicted molar refractivity (Wildman–Crippen MR) is 74.2 cm³/mol. The van der Waals surface area contributed by atoms with E-state index in [9.17, 15) is 13.2 Å². The van der Waals surface area contributed by atoms with E-state index in [1.165, 1.54) is 24.3 Å². The summed E-state index contributed by atoms with van der Waals surface area (Å²) in [4.78, 5) is 11.5. The van der Waals surface area contributed by atoms with Gasteiger partial charge in [-0.25, -0.2) is 13.6 Å². The molecule has 5 N–H and O–H groups in total. The summed E-state index contributed by atoms with van der Waals surface area (Å²) in [6.45, 7) is 3.47. The lowest BCUT2D eigenvalue weighted by Crippen LogP contribution is -2.35. The van der Waals surface area contributed by atoms with Gasteiger partial charge in [0.25, 0.3) is 0 Å². The van der Waals surface area contributed by atoms with Crippen LogP contribution in [0.25, 0.3) is 0 Å². The van der Waals surface area contributed by atoms with Gasteiger partial charge in [0.2, 0.25) is 15.9 Å². The zero-order valence-corrected chi connectivity index (χ0v) is 11.5. The number of carbonyl (C=O) groups excluding carboxylic acids is 1. The Morgan fingerprint density at radius 3 is 2.68 bits per heavy atom. The van der Waals surface area contributed by atoms with E-state index in [4.69, 9.17) is 22.5 Å². The Morgan fingerprint density at radius 2 is 2.16 bits per heavy atom. The largest absolute Gasteiger partial charge is 0.323 e. The second kappa shape index (κ2) is 6.16. The lowest BCUT2D eigenvalue weighted by atomic mass is 10.2. The fourth-order valence-corrected chi connectivity index (χ4v) is 1.99. The van der Waals surface area contributed by atoms with Crippen LogP contribution in [0.2, 0.25) is 5.02 Å². The highest BCUT2D eigenvalue weighted by atomic mass is 35.5. The first-order valence-electron chi connectivity index (χ1n) is 5.25. The van der Waals surface area contributed by atoms with Gasteiger partial charge >= 0.3 is 0 Å². The molecule has 0 aromatic heterocycles. The fourth-order valence-electron chi connectivity index (χ4n) is 1.29. The van der Waals surface area contributed by atoms with Crippen LogP contribution < -0.4 is 16.2 Å². The molecule has 1 rings (SSSR count). The normalized spacial score (nSPS) is 12.8. The minimum Gasteiger partial charge on any atom is -0.323 e. The quantitative estimate of drug-likeness (QED) is 0.699. The van der Waals surface area contributed by atoms with E-state index in [0.717, 1.165) is 0 Å². The third kappa shape index (κ3) is 4.32. The van der Waals surface area contributed by atoms with Crippen LogP contribution in [-0.2, 0) is 14.8 Å². The van der Waals surface area contributed by atoms with Crippen LogP contribution in [0.15, 0.2) is 35.7 Å². The lowest BCUT2D eigenvalue weighted by Gasteiger charge is -2.12. The molecule has 0 heterocycles. The molecule has 19 heavy (non-hydrogen) atoms. The summed E-state index contributed by atoms with van der Waals surface area (Å²) in [5.74, 6) is -0.492. The molecular weight excluding hydrogens is 290 g/mol. The van der Waals surface area contributed by atoms with Gasteiger partial charge in [-0.2, -0.15) is 0 Å². The second-order valence-electron chi connectivity index (χ2n) is 3.81. The van der Waals surface area contributed by atoms with Gasteiger partial charge in [-0.3, -0.25) is 4.79 Å². The van der Waals surface area contributed by atoms with Crippen molar-refractivity contribution in [1.82, 2.24) is 0 Å². The Labute approximate surface area is 116 Å². The molecule has 1 unspecified atom stereocenters. The standard InChI is InChI=1S/C11H14ClN3O3S/c1-2-3-9(13)11(16)15-10-6-7(19(14,17)18)4-5-8(10)12/h2,4-6,9H,1,3,13H2,(H,15,16)(H2,14,17,18). The molecule has 0 aliphatic rings. The number of hydrogen-bond acceptors (Lipinski definition) is 4. The highest BCUT2D eigenvalue weighted by Crippen LogP contribution is 2.24. The third-order valence-electron chi connectivity index (χ3n) is 2.28. The van der Waals surface area contributed by atoms with Crippen molar-refractivity contribution in [3.8, 4) is 0 Å². The van der Waals surface area contributed by atoms with Crippen molar-refractivity contribution < 1.29 is 13.2 Å². The first-order chi connectivity index (χ1) is 8.75. The van der Waals surface area contributed by atoms with Crippen LogP contribution in [0, 0.1) is 0 Å². The Morgan fingerprint density at radius 1 is 1.53 bits per heavy atom. The number of nitrogens with one attached hydrogen (secondary N) is 1. The van der Waals surface area contributed by atoms with Crippen molar-refractivity contribution >= 4 is 33.2 Å². The molecule has 1 aromatic carbocycles. The Kier molecular flexibility index (Phi) is 5.07. The van der Waals surface area contributed by atoms with E-state index in [1.54, 1.807) is 0 Å². The highest BCUT2D eigenvalue weighted by Gasteiger charge is 2.16. The molecule has 1 amide bonds. The molecule has 0 radical (unpaired) electrons. The summed E-state index contributed by atoms with van der Waals surface area (Å²) in [5, 5.41) is 7.62. The zero-order chi connectivity index (χ0) is 14.6. The molecule has 6 nitrogen and oxygen atoms in total. The van der Waals surface area contributed by atoms with Crippen molar-refractivity contribution in [2.75, 3.05) is 5.32 Å². The van der Waals surface area contributed by atoms with Gasteiger partial charge in [0.15, 0.2) is 0 Å². The maximum absolute atomic E-state index is 11.7. The number of carbonyl (C=O) groups is 1. The van der Waals surface area contributed by atoms with Crippen molar-refractivity contribution in [1.29, 1.82) is 0 Å². The first kappa shape index (κ1) is 15.6. The maximum atomic E-state index is 11.7. The molecule has 0 spiro atoms. The Bertz CT molecular complexity index is 601. The smallest absolute Gasteiger partial charge is 0.241 e. The molecule has 104 valence electrons. The van der Waals surface area contributed by atoms with Crippen LogP contribution in [0.4, 0.5) is 5.69 Å². The molecule has 1 aromatic rings. The first-order valence-corrected chi connectivity index (χ1v) is 7.18. The molecule has 0 aliphatic carbocycles. The minimum atomic E-state index is -3.87. The number of amides is 1. The van der Waals surface area contributed by atoms with E-state index in [2.05, 4.69) is 11.9 Å². The van der Waals surface area contributed by atoms with Crippen molar-refractivity contribution in [2.24, 2.45) is 10.9 Å². The molecular formula is C11H14ClN3O3S. The van der Waals surface area contributed by atoms with E-state index >= 15 is 0 Å². The molecule has 0 aliphatic heterocycles. The van der Waals surface area contributed by atoms with E-state index < -0.39 is 22.0 Å². The van der Waals surface area contributed by atoms with Gasteiger partial charge in [-0.1, -0.05) is 17.7 Å². The minimum absolute atomic E-state index is 0.137. The number of primary sulfonamides is 1. The van der Waals surface area contributed by atoms with Gasteiger partial charge in [0.1, 0.15) is 0 Å². The highest BCUT2D eigenvalue weighted by molar-refractivity contribution is 7.89. The topological polar surface area (TPSA) is 115 Å². The van der Waals surface area contributed by atoms with Gasteiger partial charge in [-0.15, -0.1) is 6.58 Å². The van der Waals surface area contributed by atoms with Crippen LogP contribution in [0.5, 0.6) is 0 Å². The number of benzene rings is 1. The Balaban J connectivity index is 3.01. The second-order valence-corrected chi connectivity index (χ2v) is 5.78. The van der Waals surface area contributed by atoms with E-state index in [1.807, 2.05) is 0 Å². The third-order valence-corrected chi connectivity index (χ3v) is 3.52. The molecule has 8 heteroatoms. The molecule has 0 fully saturated rings. The van der Waals surface area contributed by atoms with Crippen LogP contribution >= 0.6 is 11.6 Å². The monoisotopic (exact) mass is 303 g/mol. The zero-order valence-electron chi connectivity index (χ0n) is 9.97. The average Bonchev–Trinajstić information content (AvgIpc) is 2.30. The van der Waals surface area contributed by atoms with Crippen molar-refractivity contribution in [3.05, 3.63) is 35.9 Å². The van der Waals surface area contributed by atoms with Crippen LogP contribution in [-0.4, -0.2) is 20.4 Å². The maximum Gasteiger partial charge on any atom is 0.241 e. The lowest BCUT2D eigenvalue weighted by molar-refractivity contribution is -0.117. The van der Waals surface area contributed by atoms with Crippen LogP contribution in [0.1, 0.15) is 6.42 Å². The number of nitrogens with two attached hydrogens (primary N) is 2. The predicted octanol–water partition coefficient (Wildman–Crippen LogP) is 0.829. The summed E-state index contributed by atoms with van der Waals surface area (Å²) < 4.78 is 22.4. The number of hydrogen-bond donors (Lipinski definition) is 3. The van der Waals surface area contributed by atoms with Gasteiger partial charge in [0.05, 0.1) is 21.6 Å². The fraction of sp³-hybridized carbons (Fsp3) is 0.182. The summed E-state index contributed by atoms with van der Waals surface area (Å²) >= 11 is 5.86. The SMILES string of the molecule is C=CCC(N)C(=O)Nc1cc(S(N)(=O)=O)ccc1Cl. The van der Waals surface area contributed by atoms with Crippen LogP contribution in [0.3, 0.4) is 0 Å². The number of anilines is 1. The van der Waals surface area contributed by atoms with Crippen molar-refractivity contribution in [3.63, 3.8) is 0 Å². The number of rotatable bonds is 5. The molecule has 1 atom stereocenters. The summed E-state index contributed by atoms with van der Waals surface area (Å²) in [5.41, 5.74) is 5.72. The van der Waals surface area contributed by atoms with Gasteiger partial charge in [-0.05, 0) is 24.6 Å².